The Morgan fingerprint density at radius 2 is 1.89 bits per heavy atom. The molecule has 1 N–H and O–H groups in total. The van der Waals surface area contributed by atoms with Crippen LogP contribution in [0.15, 0.2) is 12.1 Å². The molecule has 9 heteroatoms. The van der Waals surface area contributed by atoms with Crippen LogP contribution in [-0.4, -0.2) is 54.6 Å². The molecular weight excluding hydrogens is 365 g/mol. The highest BCUT2D eigenvalue weighted by molar-refractivity contribution is 5.78. The Morgan fingerprint density at radius 1 is 1.19 bits per heavy atom. The van der Waals surface area contributed by atoms with E-state index in [4.69, 9.17) is 9.47 Å². The van der Waals surface area contributed by atoms with Crippen LogP contribution in [0.3, 0.4) is 0 Å². The molecule has 1 unspecified atom stereocenters. The van der Waals surface area contributed by atoms with E-state index < -0.39 is 18.8 Å². The lowest BCUT2D eigenvalue weighted by atomic mass is 10.1. The quantitative estimate of drug-likeness (QED) is 0.860. The number of alkyl halides is 3. The predicted molar refractivity (Wildman–Crippen MR) is 89.6 cm³/mol. The first kappa shape index (κ1) is 18.2. The molecule has 0 bridgehead atoms. The largest absolute Gasteiger partial charge is 0.454 e. The minimum atomic E-state index is -4.72. The van der Waals surface area contributed by atoms with E-state index in [2.05, 4.69) is 0 Å². The molecule has 0 spiro atoms. The minimum Gasteiger partial charge on any atom is -0.454 e. The Balaban J connectivity index is 1.66. The van der Waals surface area contributed by atoms with Crippen LogP contribution in [0.4, 0.5) is 18.9 Å². The molecule has 1 atom stereocenters. The number of β-amino-alcohol motifs (C(OH)–C–C–N with tert-alkyl or cyclic N) is 1. The Kier molecular flexibility index (Phi) is 4.57. The van der Waals surface area contributed by atoms with E-state index in [1.54, 1.807) is 17.0 Å². The average Bonchev–Trinajstić information content (AvgIpc) is 3.30. The number of benzene rings is 1. The van der Waals surface area contributed by atoms with Crippen LogP contribution >= 0.6 is 0 Å². The van der Waals surface area contributed by atoms with Gasteiger partial charge in [0.2, 0.25) is 12.7 Å². The van der Waals surface area contributed by atoms with Gasteiger partial charge >= 0.3 is 6.18 Å². The van der Waals surface area contributed by atoms with Crippen LogP contribution in [-0.2, 0) is 11.3 Å². The van der Waals surface area contributed by atoms with Gasteiger partial charge in [0.1, 0.15) is 0 Å². The number of aliphatic hydroxyl groups is 1. The molecule has 2 aliphatic heterocycles. The third-order valence-electron chi connectivity index (χ3n) is 5.17. The van der Waals surface area contributed by atoms with Gasteiger partial charge in [-0.3, -0.25) is 4.79 Å². The number of rotatable bonds is 4. The van der Waals surface area contributed by atoms with Gasteiger partial charge in [-0.1, -0.05) is 0 Å². The molecule has 1 amide bonds. The summed E-state index contributed by atoms with van der Waals surface area (Å²) >= 11 is 0. The Labute approximate surface area is 154 Å². The number of hydrogen-bond donors (Lipinski definition) is 1. The van der Waals surface area contributed by atoms with Crippen LogP contribution < -0.4 is 14.4 Å². The number of carbonyl (C=O) groups is 1. The van der Waals surface area contributed by atoms with Gasteiger partial charge in [0.25, 0.3) is 0 Å². The first-order valence-electron chi connectivity index (χ1n) is 9.01. The standard InChI is InChI=1S/C18H21F3N2O4/c19-18(20,21)16(24)9-22-4-3-17(25)23(7-11-1-2-11)8-12-5-14-15(6-13(12)22)27-10-26-14/h5-6,11,16,24H,1-4,7-10H2. The van der Waals surface area contributed by atoms with Crippen LogP contribution in [0.25, 0.3) is 0 Å². The third kappa shape index (κ3) is 3.92. The van der Waals surface area contributed by atoms with E-state index in [-0.39, 0.29) is 25.7 Å². The van der Waals surface area contributed by atoms with E-state index in [9.17, 15) is 23.1 Å². The molecule has 6 nitrogen and oxygen atoms in total. The molecule has 1 aliphatic carbocycles. The van der Waals surface area contributed by atoms with Crippen molar-refractivity contribution in [1.82, 2.24) is 4.90 Å². The molecular formula is C18H21F3N2O4. The maximum atomic E-state index is 12.9. The summed E-state index contributed by atoms with van der Waals surface area (Å²) in [5.41, 5.74) is 1.23. The second kappa shape index (κ2) is 6.78. The molecule has 27 heavy (non-hydrogen) atoms. The van der Waals surface area contributed by atoms with Gasteiger partial charge in [0.15, 0.2) is 17.6 Å². The zero-order chi connectivity index (χ0) is 19.2. The van der Waals surface area contributed by atoms with Crippen molar-refractivity contribution in [2.24, 2.45) is 5.92 Å². The highest BCUT2D eigenvalue weighted by Gasteiger charge is 2.40. The monoisotopic (exact) mass is 386 g/mol. The number of halogens is 3. The summed E-state index contributed by atoms with van der Waals surface area (Å²) in [4.78, 5) is 15.8. The summed E-state index contributed by atoms with van der Waals surface area (Å²) in [5, 5.41) is 9.55. The fraction of sp³-hybridized carbons (Fsp3) is 0.611. The number of nitrogens with zero attached hydrogens (tertiary/aromatic N) is 2. The lowest BCUT2D eigenvalue weighted by Gasteiger charge is -2.34. The summed E-state index contributed by atoms with van der Waals surface area (Å²) in [5.74, 6) is 1.40. The average molecular weight is 386 g/mol. The van der Waals surface area contributed by atoms with Gasteiger partial charge < -0.3 is 24.4 Å². The number of fused-ring (bicyclic) bond motifs is 2. The number of carbonyl (C=O) groups excluding carboxylic acids is 1. The van der Waals surface area contributed by atoms with Gasteiger partial charge in [-0.05, 0) is 30.4 Å². The molecule has 1 aromatic rings. The third-order valence-corrected chi connectivity index (χ3v) is 5.17. The zero-order valence-corrected chi connectivity index (χ0v) is 14.7. The lowest BCUT2D eigenvalue weighted by molar-refractivity contribution is -0.200. The van der Waals surface area contributed by atoms with E-state index in [0.29, 0.717) is 41.8 Å². The van der Waals surface area contributed by atoms with Gasteiger partial charge in [-0.15, -0.1) is 0 Å². The molecule has 1 fully saturated rings. The molecule has 2 heterocycles. The predicted octanol–water partition coefficient (Wildman–Crippen LogP) is 2.29. The molecule has 0 saturated heterocycles. The number of aliphatic hydroxyl groups excluding tert-OH is 1. The maximum absolute atomic E-state index is 12.9. The lowest BCUT2D eigenvalue weighted by Crippen LogP contribution is -2.45. The van der Waals surface area contributed by atoms with E-state index in [1.807, 2.05) is 0 Å². The molecule has 4 rings (SSSR count). The van der Waals surface area contributed by atoms with Gasteiger partial charge in [0, 0.05) is 37.8 Å². The SMILES string of the molecule is O=C1CCN(CC(O)C(F)(F)F)c2cc3c(cc2CN1CC1CC1)OCO3. The van der Waals surface area contributed by atoms with Crippen LogP contribution in [0.5, 0.6) is 11.5 Å². The van der Waals surface area contributed by atoms with Crippen molar-refractivity contribution in [2.75, 3.05) is 31.3 Å². The normalized spacial score (nSPS) is 21.0. The second-order valence-corrected chi connectivity index (χ2v) is 7.31. The van der Waals surface area contributed by atoms with Crippen LogP contribution in [0, 0.1) is 5.92 Å². The van der Waals surface area contributed by atoms with Crippen molar-refractivity contribution >= 4 is 11.6 Å². The second-order valence-electron chi connectivity index (χ2n) is 7.31. The number of amides is 1. The summed E-state index contributed by atoms with van der Waals surface area (Å²) in [6.45, 7) is 0.484. The van der Waals surface area contributed by atoms with Crippen molar-refractivity contribution in [1.29, 1.82) is 0 Å². The minimum absolute atomic E-state index is 0.0497. The fourth-order valence-electron chi connectivity index (χ4n) is 3.48. The zero-order valence-electron chi connectivity index (χ0n) is 14.7. The number of hydrogen-bond acceptors (Lipinski definition) is 5. The van der Waals surface area contributed by atoms with Crippen molar-refractivity contribution < 1.29 is 32.5 Å². The van der Waals surface area contributed by atoms with Crippen molar-refractivity contribution in [3.63, 3.8) is 0 Å². The molecule has 1 aromatic carbocycles. The molecule has 0 aromatic heterocycles. The van der Waals surface area contributed by atoms with Crippen molar-refractivity contribution in [3.05, 3.63) is 17.7 Å². The highest BCUT2D eigenvalue weighted by atomic mass is 19.4. The van der Waals surface area contributed by atoms with Crippen LogP contribution in [0.1, 0.15) is 24.8 Å². The Bertz CT molecular complexity index is 736. The van der Waals surface area contributed by atoms with E-state index in [0.717, 1.165) is 12.8 Å². The van der Waals surface area contributed by atoms with E-state index in [1.165, 1.54) is 4.90 Å². The summed E-state index contributed by atoms with van der Waals surface area (Å²) < 4.78 is 49.4. The summed E-state index contributed by atoms with van der Waals surface area (Å²) in [6, 6.07) is 3.37. The molecule has 148 valence electrons. The topological polar surface area (TPSA) is 62.2 Å². The number of anilines is 1. The maximum Gasteiger partial charge on any atom is 0.416 e. The van der Waals surface area contributed by atoms with Gasteiger partial charge in [-0.25, -0.2) is 0 Å². The molecule has 1 saturated carbocycles. The number of ether oxygens (including phenoxy) is 2. The highest BCUT2D eigenvalue weighted by Crippen LogP contribution is 2.41. The molecule has 3 aliphatic rings. The van der Waals surface area contributed by atoms with Gasteiger partial charge in [-0.2, -0.15) is 13.2 Å². The van der Waals surface area contributed by atoms with Crippen molar-refractivity contribution in [2.45, 2.75) is 38.1 Å². The van der Waals surface area contributed by atoms with Gasteiger partial charge in [0.05, 0.1) is 6.54 Å². The van der Waals surface area contributed by atoms with E-state index >= 15 is 0 Å². The summed E-state index contributed by atoms with van der Waals surface area (Å²) in [6.07, 6.45) is -4.91. The summed E-state index contributed by atoms with van der Waals surface area (Å²) in [7, 11) is 0. The fourth-order valence-corrected chi connectivity index (χ4v) is 3.48. The van der Waals surface area contributed by atoms with Crippen molar-refractivity contribution in [3.8, 4) is 11.5 Å². The van der Waals surface area contributed by atoms with Crippen LogP contribution in [0.2, 0.25) is 0 Å². The Hall–Kier alpha value is -2.16. The first-order chi connectivity index (χ1) is 12.8. The smallest absolute Gasteiger partial charge is 0.416 e. The Morgan fingerprint density at radius 3 is 2.56 bits per heavy atom. The molecule has 0 radical (unpaired) electrons. The first-order valence-corrected chi connectivity index (χ1v) is 9.01.